The Morgan fingerprint density at radius 1 is 1.07 bits per heavy atom. The second-order valence-corrected chi connectivity index (χ2v) is 3.37. The van der Waals surface area contributed by atoms with Crippen LogP contribution in [-0.2, 0) is 27.7 Å². The van der Waals surface area contributed by atoms with E-state index in [9.17, 15) is 4.79 Å². The third-order valence-corrected chi connectivity index (χ3v) is 2.24. The van der Waals surface area contributed by atoms with Crippen LogP contribution in [0.1, 0.15) is 15.9 Å². The summed E-state index contributed by atoms with van der Waals surface area (Å²) in [7, 11) is 0. The van der Waals surface area contributed by atoms with Crippen molar-refractivity contribution in [2.75, 3.05) is 0 Å². The van der Waals surface area contributed by atoms with Gasteiger partial charge in [-0.25, -0.2) is 4.79 Å². The van der Waals surface area contributed by atoms with E-state index in [2.05, 4.69) is 0 Å². The van der Waals surface area contributed by atoms with Gasteiger partial charge in [-0.1, -0.05) is 29.8 Å². The number of carboxylic acid groups (broad SMARTS) is 1. The molecule has 0 aliphatic rings. The van der Waals surface area contributed by atoms with Gasteiger partial charge in [-0.15, -0.1) is 0 Å². The number of carbonyl (C=O) groups is 1. The van der Waals surface area contributed by atoms with Crippen LogP contribution in [0.15, 0.2) is 36.4 Å². The average molecular weight is 387 g/mol. The van der Waals surface area contributed by atoms with Gasteiger partial charge < -0.3 is 5.11 Å². The SMILES string of the molecule is Cc1ccc2cc(C(=O)O)ccc2c1.[Hg]. The summed E-state index contributed by atoms with van der Waals surface area (Å²) in [6.07, 6.45) is 0. The van der Waals surface area contributed by atoms with E-state index < -0.39 is 5.97 Å². The first-order valence-electron chi connectivity index (χ1n) is 4.40. The maximum atomic E-state index is 10.7. The molecule has 2 rings (SSSR count). The number of carboxylic acids is 1. The van der Waals surface area contributed by atoms with E-state index in [0.717, 1.165) is 10.8 Å². The molecule has 3 heteroatoms. The topological polar surface area (TPSA) is 37.3 Å². The summed E-state index contributed by atoms with van der Waals surface area (Å²) >= 11 is 0. The minimum absolute atomic E-state index is 0. The molecular formula is C12H10HgO2. The van der Waals surface area contributed by atoms with Gasteiger partial charge in [0.25, 0.3) is 0 Å². The van der Waals surface area contributed by atoms with Gasteiger partial charge in [0.05, 0.1) is 5.56 Å². The van der Waals surface area contributed by atoms with Crippen molar-refractivity contribution < 1.29 is 37.6 Å². The van der Waals surface area contributed by atoms with E-state index in [1.165, 1.54) is 5.56 Å². The van der Waals surface area contributed by atoms with Crippen LogP contribution < -0.4 is 0 Å². The maximum Gasteiger partial charge on any atom is 0.335 e. The number of hydrogen-bond acceptors (Lipinski definition) is 1. The first kappa shape index (κ1) is 12.2. The van der Waals surface area contributed by atoms with Gasteiger partial charge in [0.2, 0.25) is 0 Å². The van der Waals surface area contributed by atoms with Gasteiger partial charge in [0.15, 0.2) is 0 Å². The molecule has 0 unspecified atom stereocenters. The minimum atomic E-state index is -0.882. The van der Waals surface area contributed by atoms with Crippen molar-refractivity contribution in [3.05, 3.63) is 47.5 Å². The molecule has 2 aromatic carbocycles. The Labute approximate surface area is 108 Å². The molecule has 72 valence electrons. The maximum absolute atomic E-state index is 10.7. The summed E-state index contributed by atoms with van der Waals surface area (Å²) in [5, 5.41) is 10.8. The number of hydrogen-bond donors (Lipinski definition) is 1. The molecule has 0 aliphatic heterocycles. The standard InChI is InChI=1S/C12H10O2.Hg/c1-8-2-3-10-7-11(12(13)14)5-4-9(10)6-8;/h2-7H,1H3,(H,13,14);. The predicted molar refractivity (Wildman–Crippen MR) is 55.6 cm³/mol. The molecule has 2 aromatic rings. The summed E-state index contributed by atoms with van der Waals surface area (Å²) < 4.78 is 0. The van der Waals surface area contributed by atoms with Gasteiger partial charge in [0, 0.05) is 27.7 Å². The van der Waals surface area contributed by atoms with Gasteiger partial charge in [-0.05, 0) is 29.8 Å². The van der Waals surface area contributed by atoms with Crippen LogP contribution in [0.2, 0.25) is 0 Å². The molecule has 1 N–H and O–H groups in total. The van der Waals surface area contributed by atoms with Gasteiger partial charge in [0.1, 0.15) is 0 Å². The summed E-state index contributed by atoms with van der Waals surface area (Å²) in [6, 6.07) is 11.1. The smallest absolute Gasteiger partial charge is 0.335 e. The number of rotatable bonds is 1. The fourth-order valence-electron chi connectivity index (χ4n) is 1.50. The molecule has 0 bridgehead atoms. The Morgan fingerprint density at radius 2 is 1.67 bits per heavy atom. The van der Waals surface area contributed by atoms with Gasteiger partial charge >= 0.3 is 5.97 Å². The zero-order valence-corrected chi connectivity index (χ0v) is 14.0. The van der Waals surface area contributed by atoms with E-state index in [-0.39, 0.29) is 27.7 Å². The van der Waals surface area contributed by atoms with Crippen molar-refractivity contribution in [3.63, 3.8) is 0 Å². The Kier molecular flexibility index (Phi) is 3.86. The van der Waals surface area contributed by atoms with E-state index in [1.54, 1.807) is 12.1 Å². The molecule has 2 nitrogen and oxygen atoms in total. The number of benzene rings is 2. The zero-order valence-electron chi connectivity index (χ0n) is 8.53. The molecule has 0 fully saturated rings. The van der Waals surface area contributed by atoms with Crippen molar-refractivity contribution in [2.45, 2.75) is 6.92 Å². The van der Waals surface area contributed by atoms with Crippen LogP contribution in [0.25, 0.3) is 10.8 Å². The molecule has 15 heavy (non-hydrogen) atoms. The molecular weight excluding hydrogens is 377 g/mol. The van der Waals surface area contributed by atoms with E-state index in [4.69, 9.17) is 5.11 Å². The van der Waals surface area contributed by atoms with Crippen LogP contribution >= 0.6 is 0 Å². The van der Waals surface area contributed by atoms with Crippen molar-refractivity contribution in [2.24, 2.45) is 0 Å². The zero-order chi connectivity index (χ0) is 10.1. The van der Waals surface area contributed by atoms with E-state index in [1.807, 2.05) is 31.2 Å². The third-order valence-electron chi connectivity index (χ3n) is 2.24. The minimum Gasteiger partial charge on any atom is -0.478 e. The van der Waals surface area contributed by atoms with Crippen LogP contribution in [0.5, 0.6) is 0 Å². The van der Waals surface area contributed by atoms with Crippen molar-refractivity contribution in [1.82, 2.24) is 0 Å². The first-order chi connectivity index (χ1) is 6.66. The first-order valence-corrected chi connectivity index (χ1v) is 4.40. The van der Waals surface area contributed by atoms with Crippen molar-refractivity contribution >= 4 is 16.7 Å². The fourth-order valence-corrected chi connectivity index (χ4v) is 1.50. The summed E-state index contributed by atoms with van der Waals surface area (Å²) in [5.41, 5.74) is 1.52. The number of aryl methyl sites for hydroxylation is 1. The second kappa shape index (κ2) is 4.75. The van der Waals surface area contributed by atoms with Crippen LogP contribution in [0, 0.1) is 6.92 Å². The van der Waals surface area contributed by atoms with E-state index >= 15 is 0 Å². The largest absolute Gasteiger partial charge is 0.478 e. The van der Waals surface area contributed by atoms with Crippen molar-refractivity contribution in [3.8, 4) is 0 Å². The Bertz CT molecular complexity index is 506. The second-order valence-electron chi connectivity index (χ2n) is 3.37. The molecule has 0 saturated heterocycles. The Morgan fingerprint density at radius 3 is 2.33 bits per heavy atom. The normalized spacial score (nSPS) is 9.67. The Balaban J connectivity index is 0.00000112. The molecule has 0 atom stereocenters. The van der Waals surface area contributed by atoms with Crippen LogP contribution in [-0.4, -0.2) is 11.1 Å². The van der Waals surface area contributed by atoms with Crippen molar-refractivity contribution in [1.29, 1.82) is 0 Å². The van der Waals surface area contributed by atoms with Crippen LogP contribution in [0.3, 0.4) is 0 Å². The third kappa shape index (κ3) is 2.56. The molecule has 0 heterocycles. The molecule has 0 saturated carbocycles. The number of aromatic carboxylic acids is 1. The van der Waals surface area contributed by atoms with Gasteiger partial charge in [-0.3, -0.25) is 0 Å². The molecule has 0 amide bonds. The average Bonchev–Trinajstić information content (AvgIpc) is 2.16. The summed E-state index contributed by atoms with van der Waals surface area (Å²) in [4.78, 5) is 10.7. The molecule has 0 aromatic heterocycles. The quantitative estimate of drug-likeness (QED) is 0.765. The fraction of sp³-hybridized carbons (Fsp3) is 0.0833. The van der Waals surface area contributed by atoms with E-state index in [0.29, 0.717) is 5.56 Å². The molecule has 0 spiro atoms. The molecule has 0 aliphatic carbocycles. The van der Waals surface area contributed by atoms with Crippen LogP contribution in [0.4, 0.5) is 0 Å². The monoisotopic (exact) mass is 388 g/mol. The number of fused-ring (bicyclic) bond motifs is 1. The predicted octanol–water partition coefficient (Wildman–Crippen LogP) is 2.84. The summed E-state index contributed by atoms with van der Waals surface area (Å²) in [5.74, 6) is -0.882. The summed E-state index contributed by atoms with van der Waals surface area (Å²) in [6.45, 7) is 2.02. The Hall–Kier alpha value is -0.895. The molecule has 0 radical (unpaired) electrons. The van der Waals surface area contributed by atoms with Gasteiger partial charge in [-0.2, -0.15) is 0 Å².